The SMILES string of the molecule is COc1ccc(-c2nc(C)c(CC(=O)O)c(C)n2)cc1Br. The number of aromatic nitrogens is 2. The van der Waals surface area contributed by atoms with Crippen LogP contribution in [0.3, 0.4) is 0 Å². The molecule has 0 aliphatic heterocycles. The van der Waals surface area contributed by atoms with E-state index < -0.39 is 5.97 Å². The maximum atomic E-state index is 10.9. The zero-order valence-electron chi connectivity index (χ0n) is 12.0. The first kappa shape index (κ1) is 15.4. The molecule has 21 heavy (non-hydrogen) atoms. The lowest BCUT2D eigenvalue weighted by Crippen LogP contribution is -2.08. The molecule has 0 aliphatic carbocycles. The number of nitrogens with zero attached hydrogens (tertiary/aromatic N) is 2. The molecule has 2 aromatic rings. The van der Waals surface area contributed by atoms with Crippen LogP contribution in [0.15, 0.2) is 22.7 Å². The number of aliphatic carboxylic acids is 1. The van der Waals surface area contributed by atoms with Crippen LogP contribution in [0.2, 0.25) is 0 Å². The molecule has 0 amide bonds. The van der Waals surface area contributed by atoms with Crippen molar-refractivity contribution in [3.63, 3.8) is 0 Å². The zero-order valence-corrected chi connectivity index (χ0v) is 13.6. The molecular formula is C15H15BrN2O3. The molecule has 0 bridgehead atoms. The van der Waals surface area contributed by atoms with Crippen molar-refractivity contribution in [2.75, 3.05) is 7.11 Å². The third kappa shape index (κ3) is 3.39. The van der Waals surface area contributed by atoms with Crippen LogP contribution in [0.25, 0.3) is 11.4 Å². The molecule has 0 radical (unpaired) electrons. The number of methoxy groups -OCH3 is 1. The van der Waals surface area contributed by atoms with E-state index in [0.717, 1.165) is 15.8 Å². The number of rotatable bonds is 4. The standard InChI is InChI=1S/C15H15BrN2O3/c1-8-11(7-14(19)20)9(2)18-15(17-8)10-4-5-13(21-3)12(16)6-10/h4-6H,7H2,1-3H3,(H,19,20). The Hall–Kier alpha value is -1.95. The van der Waals surface area contributed by atoms with Crippen LogP contribution in [-0.4, -0.2) is 28.2 Å². The number of hydrogen-bond acceptors (Lipinski definition) is 4. The smallest absolute Gasteiger partial charge is 0.307 e. The molecule has 5 nitrogen and oxygen atoms in total. The van der Waals surface area contributed by atoms with Crippen molar-refractivity contribution in [3.8, 4) is 17.1 Å². The van der Waals surface area contributed by atoms with Gasteiger partial charge in [0.15, 0.2) is 5.82 Å². The predicted molar refractivity (Wildman–Crippen MR) is 82.5 cm³/mol. The highest BCUT2D eigenvalue weighted by Gasteiger charge is 2.13. The number of carbonyl (C=O) groups is 1. The molecule has 1 aromatic heterocycles. The van der Waals surface area contributed by atoms with Gasteiger partial charge in [0.1, 0.15) is 5.75 Å². The van der Waals surface area contributed by atoms with E-state index in [9.17, 15) is 4.79 Å². The van der Waals surface area contributed by atoms with Crippen LogP contribution < -0.4 is 4.74 Å². The average molecular weight is 351 g/mol. The maximum absolute atomic E-state index is 10.9. The lowest BCUT2D eigenvalue weighted by molar-refractivity contribution is -0.136. The van der Waals surface area contributed by atoms with Gasteiger partial charge in [-0.05, 0) is 48.0 Å². The first-order valence-corrected chi connectivity index (χ1v) is 7.11. The average Bonchev–Trinajstić information content (AvgIpc) is 2.42. The molecule has 0 saturated carbocycles. The summed E-state index contributed by atoms with van der Waals surface area (Å²) in [4.78, 5) is 19.7. The minimum absolute atomic E-state index is 0.0652. The summed E-state index contributed by atoms with van der Waals surface area (Å²) in [6.07, 6.45) is -0.0652. The van der Waals surface area contributed by atoms with E-state index >= 15 is 0 Å². The molecule has 6 heteroatoms. The Morgan fingerprint density at radius 1 is 1.29 bits per heavy atom. The molecular weight excluding hydrogens is 336 g/mol. The Balaban J connectivity index is 2.46. The van der Waals surface area contributed by atoms with Crippen molar-refractivity contribution < 1.29 is 14.6 Å². The van der Waals surface area contributed by atoms with E-state index in [4.69, 9.17) is 9.84 Å². The van der Waals surface area contributed by atoms with Crippen LogP contribution in [0, 0.1) is 13.8 Å². The van der Waals surface area contributed by atoms with Crippen LogP contribution in [0.4, 0.5) is 0 Å². The lowest BCUT2D eigenvalue weighted by atomic mass is 10.1. The van der Waals surface area contributed by atoms with Crippen LogP contribution in [-0.2, 0) is 11.2 Å². The van der Waals surface area contributed by atoms with Gasteiger partial charge < -0.3 is 9.84 Å². The van der Waals surface area contributed by atoms with Crippen molar-refractivity contribution >= 4 is 21.9 Å². The van der Waals surface area contributed by atoms with Gasteiger partial charge in [0.25, 0.3) is 0 Å². The summed E-state index contributed by atoms with van der Waals surface area (Å²) in [5.74, 6) is 0.418. The Bertz CT molecular complexity index is 678. The molecule has 1 aromatic carbocycles. The summed E-state index contributed by atoms with van der Waals surface area (Å²) >= 11 is 3.43. The minimum atomic E-state index is -0.884. The van der Waals surface area contributed by atoms with E-state index in [2.05, 4.69) is 25.9 Å². The molecule has 0 atom stereocenters. The summed E-state index contributed by atoms with van der Waals surface area (Å²) < 4.78 is 6.01. The van der Waals surface area contributed by atoms with Crippen molar-refractivity contribution in [2.45, 2.75) is 20.3 Å². The van der Waals surface area contributed by atoms with Crippen molar-refractivity contribution in [2.24, 2.45) is 0 Å². The molecule has 110 valence electrons. The predicted octanol–water partition coefficient (Wildman–Crippen LogP) is 3.16. The van der Waals surface area contributed by atoms with E-state index in [-0.39, 0.29) is 6.42 Å². The second-order valence-corrected chi connectivity index (χ2v) is 5.47. The highest BCUT2D eigenvalue weighted by molar-refractivity contribution is 9.10. The number of carboxylic acid groups (broad SMARTS) is 1. The Morgan fingerprint density at radius 3 is 2.38 bits per heavy atom. The van der Waals surface area contributed by atoms with Gasteiger partial charge in [0.05, 0.1) is 18.0 Å². The third-order valence-corrected chi connectivity index (χ3v) is 3.78. The molecule has 1 N–H and O–H groups in total. The molecule has 2 rings (SSSR count). The normalized spacial score (nSPS) is 10.5. The fourth-order valence-electron chi connectivity index (χ4n) is 2.08. The monoisotopic (exact) mass is 350 g/mol. The number of hydrogen-bond donors (Lipinski definition) is 1. The van der Waals surface area contributed by atoms with Crippen molar-refractivity contribution in [1.82, 2.24) is 9.97 Å². The fraction of sp³-hybridized carbons (Fsp3) is 0.267. The molecule has 0 spiro atoms. The quantitative estimate of drug-likeness (QED) is 0.916. The molecule has 0 aliphatic rings. The summed E-state index contributed by atoms with van der Waals surface area (Å²) in [6.45, 7) is 3.60. The minimum Gasteiger partial charge on any atom is -0.496 e. The van der Waals surface area contributed by atoms with E-state index in [1.165, 1.54) is 0 Å². The summed E-state index contributed by atoms with van der Waals surface area (Å²) in [5, 5.41) is 8.92. The summed E-state index contributed by atoms with van der Waals surface area (Å²) in [5.41, 5.74) is 2.88. The van der Waals surface area contributed by atoms with Crippen LogP contribution in [0.5, 0.6) is 5.75 Å². The van der Waals surface area contributed by atoms with Gasteiger partial charge in [-0.15, -0.1) is 0 Å². The van der Waals surface area contributed by atoms with Gasteiger partial charge >= 0.3 is 5.97 Å². The molecule has 0 unspecified atom stereocenters. The first-order chi connectivity index (χ1) is 9.92. The number of ether oxygens (including phenoxy) is 1. The number of benzene rings is 1. The van der Waals surface area contributed by atoms with E-state index in [0.29, 0.717) is 22.8 Å². The van der Waals surface area contributed by atoms with Crippen molar-refractivity contribution in [1.29, 1.82) is 0 Å². The summed E-state index contributed by atoms with van der Waals surface area (Å²) in [7, 11) is 1.60. The van der Waals surface area contributed by atoms with E-state index in [1.54, 1.807) is 21.0 Å². The topological polar surface area (TPSA) is 72.3 Å². The highest BCUT2D eigenvalue weighted by atomic mass is 79.9. The van der Waals surface area contributed by atoms with Crippen molar-refractivity contribution in [3.05, 3.63) is 39.6 Å². The largest absolute Gasteiger partial charge is 0.496 e. The second-order valence-electron chi connectivity index (χ2n) is 4.62. The Morgan fingerprint density at radius 2 is 1.90 bits per heavy atom. The Labute approximate surface area is 131 Å². The maximum Gasteiger partial charge on any atom is 0.307 e. The Kier molecular flexibility index (Phi) is 4.57. The molecule has 1 heterocycles. The lowest BCUT2D eigenvalue weighted by Gasteiger charge is -2.10. The van der Waals surface area contributed by atoms with Crippen LogP contribution >= 0.6 is 15.9 Å². The molecule has 0 saturated heterocycles. The molecule has 0 fully saturated rings. The number of halogens is 1. The van der Waals surface area contributed by atoms with Gasteiger partial charge in [-0.3, -0.25) is 4.79 Å². The summed E-state index contributed by atoms with van der Waals surface area (Å²) in [6, 6.07) is 5.58. The van der Waals surface area contributed by atoms with Gasteiger partial charge in [-0.1, -0.05) is 0 Å². The fourth-order valence-corrected chi connectivity index (χ4v) is 2.62. The zero-order chi connectivity index (χ0) is 15.6. The van der Waals surface area contributed by atoms with E-state index in [1.807, 2.05) is 18.2 Å². The highest BCUT2D eigenvalue weighted by Crippen LogP contribution is 2.29. The van der Waals surface area contributed by atoms with Gasteiger partial charge in [-0.2, -0.15) is 0 Å². The second kappa shape index (κ2) is 6.22. The third-order valence-electron chi connectivity index (χ3n) is 3.16. The van der Waals surface area contributed by atoms with Crippen LogP contribution in [0.1, 0.15) is 17.0 Å². The van der Waals surface area contributed by atoms with Gasteiger partial charge in [-0.25, -0.2) is 9.97 Å². The first-order valence-electron chi connectivity index (χ1n) is 6.32. The number of aryl methyl sites for hydroxylation is 2. The number of carboxylic acids is 1. The van der Waals surface area contributed by atoms with Gasteiger partial charge in [0.2, 0.25) is 0 Å². The van der Waals surface area contributed by atoms with Gasteiger partial charge in [0, 0.05) is 22.5 Å².